The Hall–Kier alpha value is -2.03. The fourth-order valence-electron chi connectivity index (χ4n) is 2.09. The summed E-state index contributed by atoms with van der Waals surface area (Å²) in [5.41, 5.74) is 1.93. The van der Waals surface area contributed by atoms with Crippen LogP contribution in [0.2, 0.25) is 0 Å². The van der Waals surface area contributed by atoms with Gasteiger partial charge in [0.1, 0.15) is 0 Å². The van der Waals surface area contributed by atoms with Gasteiger partial charge >= 0.3 is 0 Å². The number of primary sulfonamides is 1. The molecule has 0 saturated heterocycles. The van der Waals surface area contributed by atoms with Crippen molar-refractivity contribution in [2.24, 2.45) is 5.14 Å². The molecule has 0 fully saturated rings. The Morgan fingerprint density at radius 1 is 1.27 bits per heavy atom. The highest BCUT2D eigenvalue weighted by molar-refractivity contribution is 7.89. The standard InChI is InChI=1S/C14H13N3O3S2/c1-8-6-10(7-12(9(8)2)22(15,18)19)14-16-13(17-20-14)11-4-3-5-21-11/h3-7H,1-2H3,(H2,15,18,19). The third-order valence-corrected chi connectivity index (χ3v) is 5.24. The molecule has 0 amide bonds. The molecule has 0 unspecified atom stereocenters. The number of benzene rings is 1. The van der Waals surface area contributed by atoms with Crippen molar-refractivity contribution in [3.8, 4) is 22.2 Å². The van der Waals surface area contributed by atoms with E-state index < -0.39 is 10.0 Å². The summed E-state index contributed by atoms with van der Waals surface area (Å²) in [5, 5.41) is 11.1. The lowest BCUT2D eigenvalue weighted by Crippen LogP contribution is -2.14. The first-order chi connectivity index (χ1) is 10.4. The number of thiophene rings is 1. The zero-order valence-electron chi connectivity index (χ0n) is 11.9. The van der Waals surface area contributed by atoms with E-state index in [-0.39, 0.29) is 10.8 Å². The maximum Gasteiger partial charge on any atom is 0.258 e. The molecule has 0 spiro atoms. The minimum absolute atomic E-state index is 0.0679. The molecule has 3 rings (SSSR count). The summed E-state index contributed by atoms with van der Waals surface area (Å²) < 4.78 is 28.6. The van der Waals surface area contributed by atoms with Gasteiger partial charge in [-0.15, -0.1) is 11.3 Å². The van der Waals surface area contributed by atoms with Gasteiger partial charge in [-0.25, -0.2) is 13.6 Å². The smallest absolute Gasteiger partial charge is 0.258 e. The van der Waals surface area contributed by atoms with Crippen LogP contribution in [0.15, 0.2) is 39.1 Å². The Kier molecular flexibility index (Phi) is 3.59. The topological polar surface area (TPSA) is 99.1 Å². The third-order valence-electron chi connectivity index (χ3n) is 3.34. The van der Waals surface area contributed by atoms with Gasteiger partial charge in [-0.05, 0) is 48.6 Å². The predicted molar refractivity (Wildman–Crippen MR) is 83.9 cm³/mol. The Morgan fingerprint density at radius 3 is 2.68 bits per heavy atom. The number of sulfonamides is 1. The Labute approximate surface area is 131 Å². The second kappa shape index (κ2) is 5.31. The van der Waals surface area contributed by atoms with Crippen molar-refractivity contribution in [3.63, 3.8) is 0 Å². The largest absolute Gasteiger partial charge is 0.334 e. The normalized spacial score (nSPS) is 11.8. The third kappa shape index (κ3) is 2.68. The van der Waals surface area contributed by atoms with E-state index in [1.165, 1.54) is 17.4 Å². The van der Waals surface area contributed by atoms with E-state index in [4.69, 9.17) is 9.66 Å². The van der Waals surface area contributed by atoms with Gasteiger partial charge in [0.05, 0.1) is 9.77 Å². The van der Waals surface area contributed by atoms with Gasteiger partial charge in [-0.3, -0.25) is 0 Å². The summed E-state index contributed by atoms with van der Waals surface area (Å²) in [4.78, 5) is 5.26. The van der Waals surface area contributed by atoms with Crippen LogP contribution in [-0.4, -0.2) is 18.6 Å². The van der Waals surface area contributed by atoms with E-state index in [1.807, 2.05) is 24.4 Å². The van der Waals surface area contributed by atoms with E-state index in [2.05, 4.69) is 10.1 Å². The fourth-order valence-corrected chi connectivity index (χ4v) is 3.62. The molecule has 0 saturated carbocycles. The predicted octanol–water partition coefficient (Wildman–Crippen LogP) is 2.73. The molecule has 2 aromatic heterocycles. The van der Waals surface area contributed by atoms with Gasteiger partial charge in [-0.2, -0.15) is 4.98 Å². The van der Waals surface area contributed by atoms with Crippen LogP contribution in [0.1, 0.15) is 11.1 Å². The summed E-state index contributed by atoms with van der Waals surface area (Å²) in [6.07, 6.45) is 0. The second-order valence-electron chi connectivity index (χ2n) is 4.86. The molecule has 3 aromatic rings. The van der Waals surface area contributed by atoms with Crippen molar-refractivity contribution >= 4 is 21.4 Å². The van der Waals surface area contributed by atoms with Gasteiger partial charge in [0.2, 0.25) is 15.8 Å². The average molecular weight is 335 g/mol. The molecule has 0 aliphatic carbocycles. The maximum absolute atomic E-state index is 11.7. The van der Waals surface area contributed by atoms with E-state index >= 15 is 0 Å². The zero-order valence-corrected chi connectivity index (χ0v) is 13.5. The van der Waals surface area contributed by atoms with Crippen LogP contribution in [0.4, 0.5) is 0 Å². The molecule has 114 valence electrons. The van der Waals surface area contributed by atoms with Gasteiger partial charge in [0, 0.05) is 5.56 Å². The molecule has 0 atom stereocenters. The number of rotatable bonds is 3. The lowest BCUT2D eigenvalue weighted by molar-refractivity contribution is 0.432. The van der Waals surface area contributed by atoms with Crippen molar-refractivity contribution in [1.29, 1.82) is 0 Å². The first-order valence-electron chi connectivity index (χ1n) is 6.38. The SMILES string of the molecule is Cc1cc(-c2nc(-c3cccs3)no2)cc(S(N)(=O)=O)c1C. The summed E-state index contributed by atoms with van der Waals surface area (Å²) in [5.74, 6) is 0.733. The van der Waals surface area contributed by atoms with Crippen LogP contribution >= 0.6 is 11.3 Å². The number of hydrogen-bond donors (Lipinski definition) is 1. The molecular weight excluding hydrogens is 322 g/mol. The molecule has 0 radical (unpaired) electrons. The number of nitrogens with zero attached hydrogens (tertiary/aromatic N) is 2. The number of nitrogens with two attached hydrogens (primary N) is 1. The zero-order chi connectivity index (χ0) is 15.9. The molecule has 2 heterocycles. The number of aromatic nitrogens is 2. The molecule has 2 N–H and O–H groups in total. The highest BCUT2D eigenvalue weighted by atomic mass is 32.2. The first-order valence-corrected chi connectivity index (χ1v) is 8.81. The Balaban J connectivity index is 2.12. The van der Waals surface area contributed by atoms with Crippen molar-refractivity contribution < 1.29 is 12.9 Å². The molecule has 0 bridgehead atoms. The second-order valence-corrected chi connectivity index (χ2v) is 7.34. The quantitative estimate of drug-likeness (QED) is 0.793. The van der Waals surface area contributed by atoms with Crippen LogP contribution in [0, 0.1) is 13.8 Å². The van der Waals surface area contributed by atoms with E-state index in [0.29, 0.717) is 17.0 Å². The van der Waals surface area contributed by atoms with Crippen molar-refractivity contribution in [2.75, 3.05) is 0 Å². The van der Waals surface area contributed by atoms with Crippen molar-refractivity contribution in [1.82, 2.24) is 10.1 Å². The van der Waals surface area contributed by atoms with E-state index in [9.17, 15) is 8.42 Å². The lowest BCUT2D eigenvalue weighted by Gasteiger charge is -2.08. The van der Waals surface area contributed by atoms with Gasteiger partial charge in [0.15, 0.2) is 0 Å². The first kappa shape index (κ1) is 14.9. The van der Waals surface area contributed by atoms with Crippen LogP contribution in [0.25, 0.3) is 22.2 Å². The molecule has 22 heavy (non-hydrogen) atoms. The summed E-state index contributed by atoms with van der Waals surface area (Å²) in [7, 11) is -3.81. The summed E-state index contributed by atoms with van der Waals surface area (Å²) in [6, 6.07) is 7.04. The minimum Gasteiger partial charge on any atom is -0.334 e. The van der Waals surface area contributed by atoms with Gasteiger partial charge in [0.25, 0.3) is 5.89 Å². The van der Waals surface area contributed by atoms with Crippen LogP contribution in [0.3, 0.4) is 0 Å². The van der Waals surface area contributed by atoms with Gasteiger partial charge in [-0.1, -0.05) is 11.2 Å². The van der Waals surface area contributed by atoms with E-state index in [1.54, 1.807) is 13.0 Å². The average Bonchev–Trinajstić information content (AvgIpc) is 3.09. The summed E-state index contributed by atoms with van der Waals surface area (Å²) >= 11 is 1.50. The highest BCUT2D eigenvalue weighted by Crippen LogP contribution is 2.29. The highest BCUT2D eigenvalue weighted by Gasteiger charge is 2.18. The van der Waals surface area contributed by atoms with Crippen LogP contribution in [0.5, 0.6) is 0 Å². The number of hydrogen-bond acceptors (Lipinski definition) is 6. The molecular formula is C14H13N3O3S2. The molecule has 8 heteroatoms. The van der Waals surface area contributed by atoms with Crippen LogP contribution in [-0.2, 0) is 10.0 Å². The summed E-state index contributed by atoms with van der Waals surface area (Å²) in [6.45, 7) is 3.52. The van der Waals surface area contributed by atoms with Crippen molar-refractivity contribution in [3.05, 3.63) is 40.8 Å². The molecule has 1 aromatic carbocycles. The molecule has 6 nitrogen and oxygen atoms in total. The maximum atomic E-state index is 11.7. The Bertz CT molecular complexity index is 928. The molecule has 0 aliphatic rings. The van der Waals surface area contributed by atoms with Crippen LogP contribution < -0.4 is 5.14 Å². The minimum atomic E-state index is -3.81. The van der Waals surface area contributed by atoms with Crippen molar-refractivity contribution in [2.45, 2.75) is 18.7 Å². The fraction of sp³-hybridized carbons (Fsp3) is 0.143. The number of aryl methyl sites for hydroxylation is 1. The Morgan fingerprint density at radius 2 is 2.05 bits per heavy atom. The lowest BCUT2D eigenvalue weighted by atomic mass is 10.1. The van der Waals surface area contributed by atoms with E-state index in [0.717, 1.165) is 10.4 Å². The monoisotopic (exact) mass is 335 g/mol. The van der Waals surface area contributed by atoms with Gasteiger partial charge < -0.3 is 4.52 Å². The molecule has 0 aliphatic heterocycles.